The number of rotatable bonds is 4. The zero-order chi connectivity index (χ0) is 14.0. The number of carbonyl (C=O) groups is 1. The number of hydrogen-bond donors (Lipinski definition) is 0. The van der Waals surface area contributed by atoms with Crippen LogP contribution >= 0.6 is 27.3 Å². The molecule has 2 heterocycles. The third-order valence-electron chi connectivity index (χ3n) is 2.11. The molecule has 0 atom stereocenters. The molecule has 0 N–H and O–H groups in total. The topological polar surface area (TPSA) is 82.3 Å². The zero-order valence-corrected chi connectivity index (χ0v) is 12.0. The van der Waals surface area contributed by atoms with Crippen molar-refractivity contribution in [3.63, 3.8) is 0 Å². The van der Waals surface area contributed by atoms with Crippen molar-refractivity contribution in [1.29, 1.82) is 0 Å². The molecule has 0 saturated carbocycles. The van der Waals surface area contributed by atoms with Crippen LogP contribution in [0, 0.1) is 10.1 Å². The van der Waals surface area contributed by atoms with E-state index in [1.807, 2.05) is 0 Å². The largest absolute Gasteiger partial charge is 0.438 e. The first-order chi connectivity index (χ1) is 8.97. The van der Waals surface area contributed by atoms with E-state index < -0.39 is 4.92 Å². The average molecular weight is 343 g/mol. The van der Waals surface area contributed by atoms with E-state index in [1.54, 1.807) is 12.3 Å². The minimum absolute atomic E-state index is 0.0649. The molecule has 0 aliphatic carbocycles. The molecule has 0 unspecified atom stereocenters. The lowest BCUT2D eigenvalue weighted by molar-refractivity contribution is -0.385. The minimum Gasteiger partial charge on any atom is -0.438 e. The van der Waals surface area contributed by atoms with Gasteiger partial charge in [-0.3, -0.25) is 19.9 Å². The van der Waals surface area contributed by atoms with E-state index in [0.717, 1.165) is 11.3 Å². The van der Waals surface area contributed by atoms with Gasteiger partial charge < -0.3 is 4.74 Å². The molecular formula is C11H7BrN2O4S. The van der Waals surface area contributed by atoms with Gasteiger partial charge in [0.25, 0.3) is 5.06 Å². The monoisotopic (exact) mass is 342 g/mol. The van der Waals surface area contributed by atoms with E-state index in [4.69, 9.17) is 4.74 Å². The summed E-state index contributed by atoms with van der Waals surface area (Å²) in [5.74, 6) is 0.116. The Labute approximate surface area is 120 Å². The second-order valence-electron chi connectivity index (χ2n) is 3.54. The Balaban J connectivity index is 2.38. The summed E-state index contributed by atoms with van der Waals surface area (Å²) < 4.78 is 6.11. The summed E-state index contributed by atoms with van der Waals surface area (Å²) in [6, 6.07) is 2.84. The van der Waals surface area contributed by atoms with Crippen molar-refractivity contribution < 1.29 is 14.5 Å². The summed E-state index contributed by atoms with van der Waals surface area (Å²) in [5, 5.41) is 11.0. The zero-order valence-electron chi connectivity index (χ0n) is 9.62. The highest BCUT2D eigenvalue weighted by Gasteiger charge is 2.23. The molecule has 0 bridgehead atoms. The smallest absolute Gasteiger partial charge is 0.323 e. The molecule has 0 amide bonds. The fourth-order valence-corrected chi connectivity index (χ4v) is 2.53. The predicted octanol–water partition coefficient (Wildman–Crippen LogP) is 3.81. The number of pyridine rings is 1. The molecule has 0 saturated heterocycles. The van der Waals surface area contributed by atoms with Gasteiger partial charge >= 0.3 is 5.69 Å². The van der Waals surface area contributed by atoms with Crippen LogP contribution in [0.1, 0.15) is 16.6 Å². The molecule has 0 fully saturated rings. The van der Waals surface area contributed by atoms with Gasteiger partial charge in [-0.25, -0.2) is 0 Å². The lowest BCUT2D eigenvalue weighted by Crippen LogP contribution is -1.90. The molecule has 19 heavy (non-hydrogen) atoms. The van der Waals surface area contributed by atoms with Gasteiger partial charge in [-0.15, -0.1) is 0 Å². The number of nitro groups is 1. The van der Waals surface area contributed by atoms with Gasteiger partial charge in [0.05, 0.1) is 16.0 Å². The number of Topliss-reactive ketones (excluding diaryl/α,β-unsaturated/α-hetero) is 1. The van der Waals surface area contributed by atoms with E-state index in [-0.39, 0.29) is 21.4 Å². The van der Waals surface area contributed by atoms with Crippen molar-refractivity contribution in [2.45, 2.75) is 6.92 Å². The van der Waals surface area contributed by atoms with Crippen molar-refractivity contribution in [2.75, 3.05) is 0 Å². The van der Waals surface area contributed by atoms with Crippen LogP contribution < -0.4 is 4.74 Å². The molecule has 0 aliphatic rings. The molecular weight excluding hydrogens is 336 g/mol. The summed E-state index contributed by atoms with van der Waals surface area (Å²) in [6.45, 7) is 1.35. The van der Waals surface area contributed by atoms with E-state index >= 15 is 0 Å². The Kier molecular flexibility index (Phi) is 3.91. The maximum absolute atomic E-state index is 11.3. The normalized spacial score (nSPS) is 10.2. The van der Waals surface area contributed by atoms with Gasteiger partial charge in [-0.1, -0.05) is 11.3 Å². The van der Waals surface area contributed by atoms with Crippen LogP contribution in [-0.4, -0.2) is 15.7 Å². The van der Waals surface area contributed by atoms with E-state index in [2.05, 4.69) is 20.9 Å². The molecule has 0 spiro atoms. The van der Waals surface area contributed by atoms with E-state index in [1.165, 1.54) is 19.2 Å². The number of aromatic nitrogens is 1. The van der Waals surface area contributed by atoms with Crippen LogP contribution in [0.3, 0.4) is 0 Å². The number of carbonyl (C=O) groups excluding carboxylic acids is 1. The summed E-state index contributed by atoms with van der Waals surface area (Å²) >= 11 is 4.16. The summed E-state index contributed by atoms with van der Waals surface area (Å²) in [7, 11) is 0. The highest BCUT2D eigenvalue weighted by molar-refractivity contribution is 9.10. The van der Waals surface area contributed by atoms with Crippen LogP contribution in [0.5, 0.6) is 10.8 Å². The van der Waals surface area contributed by atoms with E-state index in [9.17, 15) is 14.9 Å². The van der Waals surface area contributed by atoms with Gasteiger partial charge in [-0.2, -0.15) is 0 Å². The molecule has 2 aromatic rings. The van der Waals surface area contributed by atoms with Crippen molar-refractivity contribution in [3.8, 4) is 10.8 Å². The molecule has 8 heteroatoms. The van der Waals surface area contributed by atoms with Crippen molar-refractivity contribution in [1.82, 2.24) is 4.98 Å². The lowest BCUT2D eigenvalue weighted by atomic mass is 10.3. The maximum Gasteiger partial charge on any atom is 0.323 e. The molecule has 0 aromatic carbocycles. The highest BCUT2D eigenvalue weighted by Crippen LogP contribution is 2.40. The molecule has 2 aromatic heterocycles. The maximum atomic E-state index is 11.3. The molecule has 6 nitrogen and oxygen atoms in total. The average Bonchev–Trinajstić information content (AvgIpc) is 2.73. The van der Waals surface area contributed by atoms with Gasteiger partial charge in [0.1, 0.15) is 5.75 Å². The fourth-order valence-electron chi connectivity index (χ4n) is 1.29. The number of ether oxygens (including phenoxy) is 1. The molecule has 0 aliphatic heterocycles. The molecule has 98 valence electrons. The fraction of sp³-hybridized carbons (Fsp3) is 0.0909. The first-order valence-electron chi connectivity index (χ1n) is 5.05. The predicted molar refractivity (Wildman–Crippen MR) is 73.0 cm³/mol. The first-order valence-corrected chi connectivity index (χ1v) is 6.66. The van der Waals surface area contributed by atoms with Gasteiger partial charge in [0.2, 0.25) is 0 Å². The molecule has 2 rings (SSSR count). The number of ketones is 1. The van der Waals surface area contributed by atoms with Crippen molar-refractivity contribution in [3.05, 3.63) is 44.0 Å². The van der Waals surface area contributed by atoms with Gasteiger partial charge in [-0.05, 0) is 28.9 Å². The molecule has 0 radical (unpaired) electrons. The Morgan fingerprint density at radius 1 is 1.47 bits per heavy atom. The van der Waals surface area contributed by atoms with Crippen LogP contribution in [0.15, 0.2) is 29.0 Å². The Hall–Kier alpha value is -1.80. The summed E-state index contributed by atoms with van der Waals surface area (Å²) in [6.07, 6.45) is 3.00. The number of hydrogen-bond acceptors (Lipinski definition) is 6. The third-order valence-corrected chi connectivity index (χ3v) is 3.65. The Morgan fingerprint density at radius 3 is 2.79 bits per heavy atom. The van der Waals surface area contributed by atoms with Crippen LogP contribution in [0.2, 0.25) is 0 Å². The third kappa shape index (κ3) is 3.15. The standard InChI is InChI=1S/C11H7BrN2O4S/c1-6(15)10-3-9(14(16)17)11(19-10)18-8-2-7(12)4-13-5-8/h2-5H,1H3. The summed E-state index contributed by atoms with van der Waals surface area (Å²) in [5.41, 5.74) is -0.227. The Morgan fingerprint density at radius 2 is 2.21 bits per heavy atom. The van der Waals surface area contributed by atoms with Crippen molar-refractivity contribution in [2.24, 2.45) is 0 Å². The number of halogens is 1. The Bertz CT molecular complexity index is 656. The second-order valence-corrected chi connectivity index (χ2v) is 5.47. The summed E-state index contributed by atoms with van der Waals surface area (Å²) in [4.78, 5) is 25.8. The highest BCUT2D eigenvalue weighted by atomic mass is 79.9. The van der Waals surface area contributed by atoms with Gasteiger partial charge in [0, 0.05) is 16.7 Å². The van der Waals surface area contributed by atoms with Crippen LogP contribution in [-0.2, 0) is 0 Å². The van der Waals surface area contributed by atoms with E-state index in [0.29, 0.717) is 10.2 Å². The van der Waals surface area contributed by atoms with Crippen molar-refractivity contribution >= 4 is 38.7 Å². The SMILES string of the molecule is CC(=O)c1cc([N+](=O)[O-])c(Oc2cncc(Br)c2)s1. The first kappa shape index (κ1) is 13.6. The quantitative estimate of drug-likeness (QED) is 0.479. The minimum atomic E-state index is -0.580. The second kappa shape index (κ2) is 5.45. The number of thiophene rings is 1. The lowest BCUT2D eigenvalue weighted by Gasteiger charge is -2.01. The number of nitrogens with zero attached hydrogens (tertiary/aromatic N) is 2. The van der Waals surface area contributed by atoms with Crippen LogP contribution in [0.25, 0.3) is 0 Å². The van der Waals surface area contributed by atoms with Gasteiger partial charge in [0.15, 0.2) is 5.78 Å². The van der Waals surface area contributed by atoms with Crippen LogP contribution in [0.4, 0.5) is 5.69 Å².